The highest BCUT2D eigenvalue weighted by Crippen LogP contribution is 2.38. The number of carbonyl (C=O) groups is 1. The molecule has 4 heterocycles. The third-order valence-electron chi connectivity index (χ3n) is 10.7. The van der Waals surface area contributed by atoms with Crippen LogP contribution in [0.15, 0.2) is 147 Å². The Morgan fingerprint density at radius 1 is 0.550 bits per heavy atom. The van der Waals surface area contributed by atoms with Gasteiger partial charge >= 0.3 is 6.03 Å². The fraction of sp³-hybridized carbons (Fsp3) is 0.383. The zero-order valence-electron chi connectivity index (χ0n) is 33.3. The highest BCUT2D eigenvalue weighted by molar-refractivity contribution is 5.75. The fourth-order valence-electron chi connectivity index (χ4n) is 7.89. The van der Waals surface area contributed by atoms with Gasteiger partial charge < -0.3 is 58.0 Å². The summed E-state index contributed by atoms with van der Waals surface area (Å²) in [6, 6.07) is 36.6. The van der Waals surface area contributed by atoms with Crippen molar-refractivity contribution in [1.82, 2.24) is 10.6 Å². The first-order chi connectivity index (χ1) is 29.6. The predicted molar refractivity (Wildman–Crippen MR) is 219 cm³/mol. The first kappa shape index (κ1) is 41.9. The Kier molecular flexibility index (Phi) is 14.4. The normalized spacial score (nSPS) is 31.2. The number of hydrogen-bond acceptors (Lipinski definition) is 11. The first-order valence-electron chi connectivity index (χ1n) is 20.4. The summed E-state index contributed by atoms with van der Waals surface area (Å²) < 4.78 is 64.4. The van der Waals surface area contributed by atoms with Crippen molar-refractivity contribution in [3.8, 4) is 0 Å². The van der Waals surface area contributed by atoms with Gasteiger partial charge in [-0.2, -0.15) is 0 Å². The molecule has 0 aliphatic carbocycles. The van der Waals surface area contributed by atoms with E-state index in [9.17, 15) is 4.79 Å². The number of ether oxygens (including phenoxy) is 10. The molecule has 4 fully saturated rings. The number of carbonyl (C=O) groups excluding carboxylic acids is 1. The van der Waals surface area contributed by atoms with Gasteiger partial charge in [-0.3, -0.25) is 0 Å². The summed E-state index contributed by atoms with van der Waals surface area (Å²) in [6.07, 6.45) is -4.02. The lowest BCUT2D eigenvalue weighted by molar-refractivity contribution is -0.349. The lowest BCUT2D eigenvalue weighted by Crippen LogP contribution is -2.71. The lowest BCUT2D eigenvalue weighted by atomic mass is 9.94. The summed E-state index contributed by atoms with van der Waals surface area (Å²) in [4.78, 5) is 14.6. The van der Waals surface area contributed by atoms with E-state index < -0.39 is 79.9 Å². The van der Waals surface area contributed by atoms with Crippen LogP contribution in [0.25, 0.3) is 0 Å². The standard InChI is InChI=1S/C47H52N2O11/c1-3-25-51-45-37(41(53-27-31-17-9-5-10-18-31)39-35(57-45)29-55-43(59-39)33-21-13-7-14-22-33)48-47(50)49-38-42(54-28-32-19-11-6-12-20-32)40-36(58-46(38)52-26-4-2)30-56-44(60-40)34-23-15-8-16-24-34/h3-24,35-46H,1-2,25-30H2,(H2,48,49,50)/t35-,36-,37-,38-,39+,40+,41-,42-,43?,44?,45+,46+/m1/s1. The van der Waals surface area contributed by atoms with E-state index in [1.54, 1.807) is 12.2 Å². The average molecular weight is 821 g/mol. The monoisotopic (exact) mass is 820 g/mol. The molecule has 0 spiro atoms. The van der Waals surface area contributed by atoms with Gasteiger partial charge in [-0.05, 0) is 11.1 Å². The average Bonchev–Trinajstić information content (AvgIpc) is 3.30. The van der Waals surface area contributed by atoms with Crippen LogP contribution in [0.3, 0.4) is 0 Å². The second kappa shape index (κ2) is 20.7. The van der Waals surface area contributed by atoms with E-state index in [2.05, 4.69) is 23.8 Å². The van der Waals surface area contributed by atoms with Gasteiger partial charge in [0.2, 0.25) is 0 Å². The molecule has 4 aliphatic heterocycles. The number of urea groups is 1. The summed E-state index contributed by atoms with van der Waals surface area (Å²) in [5, 5.41) is 6.29. The Balaban J connectivity index is 1.08. The van der Waals surface area contributed by atoms with Crippen LogP contribution in [-0.2, 0) is 60.6 Å². The van der Waals surface area contributed by atoms with Crippen molar-refractivity contribution in [3.05, 3.63) is 169 Å². The largest absolute Gasteiger partial charge is 0.368 e. The van der Waals surface area contributed by atoms with Crippen LogP contribution in [0.4, 0.5) is 4.79 Å². The van der Waals surface area contributed by atoms with Gasteiger partial charge in [0.1, 0.15) is 48.7 Å². The molecule has 12 atom stereocenters. The molecule has 2 amide bonds. The Hall–Kier alpha value is -4.77. The molecule has 4 aromatic rings. The van der Waals surface area contributed by atoms with E-state index >= 15 is 0 Å². The van der Waals surface area contributed by atoms with Crippen molar-refractivity contribution >= 4 is 6.03 Å². The van der Waals surface area contributed by atoms with Crippen LogP contribution in [0, 0.1) is 0 Å². The van der Waals surface area contributed by atoms with E-state index in [0.29, 0.717) is 0 Å². The minimum atomic E-state index is -0.966. The van der Waals surface area contributed by atoms with Crippen molar-refractivity contribution in [1.29, 1.82) is 0 Å². The van der Waals surface area contributed by atoms with Gasteiger partial charge in [0.05, 0.1) is 39.6 Å². The Morgan fingerprint density at radius 3 is 1.32 bits per heavy atom. The number of nitrogens with one attached hydrogen (secondary N) is 2. The number of hydrogen-bond donors (Lipinski definition) is 2. The van der Waals surface area contributed by atoms with Gasteiger partial charge in [-0.1, -0.05) is 133 Å². The quantitative estimate of drug-likeness (QED) is 0.124. The molecule has 0 aromatic heterocycles. The second-order valence-electron chi connectivity index (χ2n) is 14.9. The molecule has 4 aromatic carbocycles. The maximum absolute atomic E-state index is 14.6. The van der Waals surface area contributed by atoms with Crippen LogP contribution in [0.5, 0.6) is 0 Å². The predicted octanol–water partition coefficient (Wildman–Crippen LogP) is 6.28. The molecular formula is C47H52N2O11. The smallest absolute Gasteiger partial charge is 0.315 e. The molecule has 4 aliphatic rings. The minimum Gasteiger partial charge on any atom is -0.368 e. The molecular weight excluding hydrogens is 769 g/mol. The highest BCUT2D eigenvalue weighted by atomic mass is 16.8. The van der Waals surface area contributed by atoms with Crippen LogP contribution >= 0.6 is 0 Å². The molecule has 13 nitrogen and oxygen atoms in total. The minimum absolute atomic E-state index is 0.149. The maximum Gasteiger partial charge on any atom is 0.315 e. The highest BCUT2D eigenvalue weighted by Gasteiger charge is 2.54. The van der Waals surface area contributed by atoms with Crippen LogP contribution < -0.4 is 10.6 Å². The topological polar surface area (TPSA) is 133 Å². The third-order valence-corrected chi connectivity index (χ3v) is 10.7. The summed E-state index contributed by atoms with van der Waals surface area (Å²) in [6.45, 7) is 8.85. The summed E-state index contributed by atoms with van der Waals surface area (Å²) in [7, 11) is 0. The van der Waals surface area contributed by atoms with Crippen molar-refractivity contribution in [2.45, 2.75) is 87.1 Å². The molecule has 13 heteroatoms. The van der Waals surface area contributed by atoms with E-state index in [4.69, 9.17) is 47.4 Å². The zero-order chi connectivity index (χ0) is 41.1. The Labute approximate surface area is 350 Å². The van der Waals surface area contributed by atoms with Gasteiger partial charge in [-0.25, -0.2) is 4.79 Å². The Morgan fingerprint density at radius 2 is 0.933 bits per heavy atom. The second-order valence-corrected chi connectivity index (χ2v) is 14.9. The number of rotatable bonds is 16. The number of benzene rings is 4. The molecule has 0 saturated carbocycles. The van der Waals surface area contributed by atoms with Crippen molar-refractivity contribution in [2.24, 2.45) is 0 Å². The van der Waals surface area contributed by atoms with Crippen molar-refractivity contribution in [2.75, 3.05) is 26.4 Å². The molecule has 8 rings (SSSR count). The van der Waals surface area contributed by atoms with Crippen LogP contribution in [-0.4, -0.2) is 93.7 Å². The maximum atomic E-state index is 14.6. The lowest BCUT2D eigenvalue weighted by Gasteiger charge is -2.50. The van der Waals surface area contributed by atoms with Crippen molar-refractivity contribution < 1.29 is 52.2 Å². The van der Waals surface area contributed by atoms with Crippen molar-refractivity contribution in [3.63, 3.8) is 0 Å². The van der Waals surface area contributed by atoms with E-state index in [-0.39, 0.29) is 39.6 Å². The number of amides is 2. The summed E-state index contributed by atoms with van der Waals surface area (Å²) in [5.41, 5.74) is 3.58. The molecule has 0 bridgehead atoms. The van der Waals surface area contributed by atoms with Gasteiger partial charge in [-0.15, -0.1) is 13.2 Å². The zero-order valence-corrected chi connectivity index (χ0v) is 33.3. The van der Waals surface area contributed by atoms with Gasteiger partial charge in [0, 0.05) is 11.1 Å². The summed E-state index contributed by atoms with van der Waals surface area (Å²) in [5.74, 6) is 0. The molecule has 2 N–H and O–H groups in total. The first-order valence-corrected chi connectivity index (χ1v) is 20.4. The van der Waals surface area contributed by atoms with Gasteiger partial charge in [0.15, 0.2) is 25.2 Å². The van der Waals surface area contributed by atoms with E-state index in [1.807, 2.05) is 121 Å². The van der Waals surface area contributed by atoms with E-state index in [0.717, 1.165) is 22.3 Å². The number of fused-ring (bicyclic) bond motifs is 2. The SMILES string of the molecule is C=CCO[C@H]1O[C@@H]2COC(c3ccccc3)O[C@@H]2[C@H](OCc2ccccc2)[C@H]1NC(=O)N[C@H]1[C@@H](OCC=C)O[C@@H]2COC(c3ccccc3)O[C@@H]2[C@@H]1OCc1ccccc1. The molecule has 316 valence electrons. The van der Waals surface area contributed by atoms with Crippen LogP contribution in [0.2, 0.25) is 0 Å². The van der Waals surface area contributed by atoms with E-state index in [1.165, 1.54) is 0 Å². The molecule has 2 unspecified atom stereocenters. The molecule has 60 heavy (non-hydrogen) atoms. The van der Waals surface area contributed by atoms with Crippen LogP contribution in [0.1, 0.15) is 34.8 Å². The molecule has 0 radical (unpaired) electrons. The third kappa shape index (κ3) is 10.2. The fourth-order valence-corrected chi connectivity index (χ4v) is 7.89. The molecule has 4 saturated heterocycles. The Bertz CT molecular complexity index is 1810. The summed E-state index contributed by atoms with van der Waals surface area (Å²) >= 11 is 0. The van der Waals surface area contributed by atoms with Gasteiger partial charge in [0.25, 0.3) is 0 Å².